The number of rotatable bonds is 5. The molecule has 0 radical (unpaired) electrons. The van der Waals surface area contributed by atoms with Crippen molar-refractivity contribution in [2.75, 3.05) is 12.8 Å². The lowest BCUT2D eigenvalue weighted by Gasteiger charge is -2.39. The monoisotopic (exact) mass is 390 g/mol. The minimum atomic E-state index is -0.690. The van der Waals surface area contributed by atoms with Crippen molar-refractivity contribution in [1.82, 2.24) is 9.88 Å². The van der Waals surface area contributed by atoms with Gasteiger partial charge >= 0.3 is 0 Å². The van der Waals surface area contributed by atoms with Gasteiger partial charge in [0.1, 0.15) is 5.54 Å². The first kappa shape index (κ1) is 18.6. The number of non-ortho nitro benzene ring substituents is 1. The molecular weight excluding hydrogens is 372 g/mol. The normalized spacial score (nSPS) is 16.2. The van der Waals surface area contributed by atoms with Gasteiger partial charge in [-0.3, -0.25) is 14.9 Å². The molecule has 1 aromatic carbocycles. The zero-order chi connectivity index (χ0) is 18.7. The smallest absolute Gasteiger partial charge is 0.270 e. The molecule has 0 unspecified atom stereocenters. The Kier molecular flexibility index (Phi) is 5.44. The fourth-order valence-corrected chi connectivity index (χ4v) is 5.20. The number of thioether (sulfide) groups is 1. The average Bonchev–Trinajstić information content (AvgIpc) is 3.08. The summed E-state index contributed by atoms with van der Waals surface area (Å²) in [5.41, 5.74) is 0.0239. The van der Waals surface area contributed by atoms with Crippen molar-refractivity contribution >= 4 is 44.9 Å². The van der Waals surface area contributed by atoms with Crippen LogP contribution in [-0.4, -0.2) is 39.1 Å². The Labute approximate surface area is 159 Å². The molecule has 1 aliphatic carbocycles. The highest BCUT2D eigenvalue weighted by Gasteiger charge is 2.38. The van der Waals surface area contributed by atoms with Gasteiger partial charge in [-0.15, -0.1) is 11.3 Å². The van der Waals surface area contributed by atoms with Crippen molar-refractivity contribution in [3.8, 4) is 6.07 Å². The zero-order valence-corrected chi connectivity index (χ0v) is 15.9. The maximum Gasteiger partial charge on any atom is 0.270 e. The molecule has 1 aliphatic rings. The summed E-state index contributed by atoms with van der Waals surface area (Å²) in [6.07, 6.45) is 4.49. The van der Waals surface area contributed by atoms with Crippen LogP contribution in [0.1, 0.15) is 32.1 Å². The summed E-state index contributed by atoms with van der Waals surface area (Å²) in [6.45, 7) is 0. The van der Waals surface area contributed by atoms with Crippen LogP contribution in [0, 0.1) is 21.4 Å². The Hall–Kier alpha value is -2.18. The van der Waals surface area contributed by atoms with E-state index in [1.807, 2.05) is 0 Å². The van der Waals surface area contributed by atoms with Crippen molar-refractivity contribution in [1.29, 1.82) is 5.26 Å². The van der Waals surface area contributed by atoms with Gasteiger partial charge in [-0.05, 0) is 18.9 Å². The molecule has 0 N–H and O–H groups in total. The van der Waals surface area contributed by atoms with Gasteiger partial charge in [-0.2, -0.15) is 5.26 Å². The molecule has 1 heterocycles. The Bertz CT molecular complexity index is 884. The number of nitrogens with zero attached hydrogens (tertiary/aromatic N) is 4. The van der Waals surface area contributed by atoms with Gasteiger partial charge in [0.05, 0.1) is 27.0 Å². The largest absolute Gasteiger partial charge is 0.326 e. The van der Waals surface area contributed by atoms with E-state index in [0.29, 0.717) is 9.86 Å². The third-order valence-corrected chi connectivity index (χ3v) is 6.93. The highest BCUT2D eigenvalue weighted by molar-refractivity contribution is 8.01. The van der Waals surface area contributed by atoms with Gasteiger partial charge in [0.25, 0.3) is 5.69 Å². The molecule has 26 heavy (non-hydrogen) atoms. The fourth-order valence-electron chi connectivity index (χ4n) is 3.19. The molecule has 0 atom stereocenters. The summed E-state index contributed by atoms with van der Waals surface area (Å²) in [6, 6.07) is 6.90. The van der Waals surface area contributed by atoms with Gasteiger partial charge in [0.15, 0.2) is 4.34 Å². The van der Waals surface area contributed by atoms with E-state index in [2.05, 4.69) is 11.1 Å². The Balaban J connectivity index is 1.68. The van der Waals surface area contributed by atoms with Crippen LogP contribution in [0.2, 0.25) is 0 Å². The van der Waals surface area contributed by atoms with Crippen molar-refractivity contribution in [2.24, 2.45) is 0 Å². The van der Waals surface area contributed by atoms with Gasteiger partial charge in [0, 0.05) is 19.2 Å². The minimum Gasteiger partial charge on any atom is -0.326 e. The number of fused-ring (bicyclic) bond motifs is 1. The first-order valence-corrected chi connectivity index (χ1v) is 10.1. The maximum atomic E-state index is 12.6. The van der Waals surface area contributed by atoms with Crippen LogP contribution >= 0.6 is 23.1 Å². The first-order valence-electron chi connectivity index (χ1n) is 8.31. The zero-order valence-electron chi connectivity index (χ0n) is 14.3. The number of nitriles is 1. The SMILES string of the molecule is CN(C(=O)CSc1nc2ccc([N+](=O)[O-])cc2s1)C1(C#N)CCCCC1. The van der Waals surface area contributed by atoms with Crippen molar-refractivity contribution < 1.29 is 9.72 Å². The molecule has 1 saturated carbocycles. The second kappa shape index (κ2) is 7.60. The van der Waals surface area contributed by atoms with E-state index in [0.717, 1.165) is 36.8 Å². The van der Waals surface area contributed by atoms with E-state index in [1.165, 1.54) is 35.2 Å². The number of hydrogen-bond donors (Lipinski definition) is 0. The van der Waals surface area contributed by atoms with Gasteiger partial charge in [-0.1, -0.05) is 31.0 Å². The van der Waals surface area contributed by atoms with E-state index < -0.39 is 10.5 Å². The van der Waals surface area contributed by atoms with Gasteiger partial charge < -0.3 is 4.90 Å². The summed E-state index contributed by atoms with van der Waals surface area (Å²) in [4.78, 5) is 29.0. The van der Waals surface area contributed by atoms with Crippen LogP contribution in [0.15, 0.2) is 22.5 Å². The molecule has 7 nitrogen and oxygen atoms in total. The van der Waals surface area contributed by atoms with Crippen LogP contribution in [0.5, 0.6) is 0 Å². The molecule has 0 spiro atoms. The van der Waals surface area contributed by atoms with Crippen molar-refractivity contribution in [2.45, 2.75) is 42.0 Å². The second-order valence-electron chi connectivity index (χ2n) is 6.33. The molecule has 1 aromatic heterocycles. The maximum absolute atomic E-state index is 12.6. The Morgan fingerprint density at radius 3 is 2.85 bits per heavy atom. The number of carbonyl (C=O) groups excluding carboxylic acids is 1. The standard InChI is InChI=1S/C17H18N4O3S2/c1-20(17(11-18)7-3-2-4-8-17)15(22)10-25-16-19-13-6-5-12(21(23)24)9-14(13)26-16/h5-6,9H,2-4,7-8,10H2,1H3. The number of amides is 1. The highest BCUT2D eigenvalue weighted by Crippen LogP contribution is 2.35. The number of benzene rings is 1. The Morgan fingerprint density at radius 1 is 1.46 bits per heavy atom. The number of carbonyl (C=O) groups is 1. The van der Waals surface area contributed by atoms with E-state index >= 15 is 0 Å². The molecule has 3 rings (SSSR count). The lowest BCUT2D eigenvalue weighted by molar-refractivity contribution is -0.384. The lowest BCUT2D eigenvalue weighted by Crippen LogP contribution is -2.50. The highest BCUT2D eigenvalue weighted by atomic mass is 32.2. The number of hydrogen-bond acceptors (Lipinski definition) is 7. The molecular formula is C17H18N4O3S2. The van der Waals surface area contributed by atoms with E-state index in [1.54, 1.807) is 18.0 Å². The molecule has 136 valence electrons. The predicted molar refractivity (Wildman–Crippen MR) is 101 cm³/mol. The summed E-state index contributed by atoms with van der Waals surface area (Å²) >= 11 is 2.64. The quantitative estimate of drug-likeness (QED) is 0.435. The van der Waals surface area contributed by atoms with Crippen LogP contribution in [0.4, 0.5) is 5.69 Å². The number of nitro benzene ring substituents is 1. The van der Waals surface area contributed by atoms with Crippen LogP contribution < -0.4 is 0 Å². The number of thiazole rings is 1. The Morgan fingerprint density at radius 2 is 2.19 bits per heavy atom. The summed E-state index contributed by atoms with van der Waals surface area (Å²) in [5.74, 6) is 0.102. The molecule has 1 amide bonds. The number of aromatic nitrogens is 1. The predicted octanol–water partition coefficient (Wildman–Crippen LogP) is 3.98. The van der Waals surface area contributed by atoms with Crippen LogP contribution in [0.3, 0.4) is 0 Å². The molecule has 1 fully saturated rings. The molecule has 0 aliphatic heterocycles. The molecule has 0 bridgehead atoms. The lowest BCUT2D eigenvalue weighted by atomic mass is 9.81. The van der Waals surface area contributed by atoms with E-state index in [4.69, 9.17) is 0 Å². The van der Waals surface area contributed by atoms with Gasteiger partial charge in [-0.25, -0.2) is 4.98 Å². The summed E-state index contributed by atoms with van der Waals surface area (Å²) in [5, 5.41) is 20.5. The molecule has 0 saturated heterocycles. The fraction of sp³-hybridized carbons (Fsp3) is 0.471. The molecule has 9 heteroatoms. The third-order valence-electron chi connectivity index (χ3n) is 4.79. The minimum absolute atomic E-state index is 0.0294. The van der Waals surface area contributed by atoms with E-state index in [-0.39, 0.29) is 17.3 Å². The van der Waals surface area contributed by atoms with Crippen LogP contribution in [-0.2, 0) is 4.79 Å². The van der Waals surface area contributed by atoms with E-state index in [9.17, 15) is 20.2 Å². The van der Waals surface area contributed by atoms with Crippen molar-refractivity contribution in [3.05, 3.63) is 28.3 Å². The summed E-state index contributed by atoms with van der Waals surface area (Å²) in [7, 11) is 1.71. The van der Waals surface area contributed by atoms with Gasteiger partial charge in [0.2, 0.25) is 5.91 Å². The second-order valence-corrected chi connectivity index (χ2v) is 8.59. The molecule has 2 aromatic rings. The first-order chi connectivity index (χ1) is 12.4. The third kappa shape index (κ3) is 3.66. The average molecular weight is 390 g/mol. The topological polar surface area (TPSA) is 100 Å². The van der Waals surface area contributed by atoms with Crippen LogP contribution in [0.25, 0.3) is 10.2 Å². The summed E-state index contributed by atoms with van der Waals surface area (Å²) < 4.78 is 1.42. The number of nitro groups is 1. The van der Waals surface area contributed by atoms with Crippen molar-refractivity contribution in [3.63, 3.8) is 0 Å².